The molecule has 200 valence electrons. The zero-order valence-corrected chi connectivity index (χ0v) is 21.2. The highest BCUT2D eigenvalue weighted by atomic mass is 32.2. The third-order valence-corrected chi connectivity index (χ3v) is 7.92. The van der Waals surface area contributed by atoms with Gasteiger partial charge in [0.1, 0.15) is 18.6 Å². The number of aliphatic hydroxyl groups excluding tert-OH is 1. The quantitative estimate of drug-likeness (QED) is 0.414. The number of rotatable bonds is 12. The van der Waals surface area contributed by atoms with Crippen LogP contribution in [0.15, 0.2) is 59.5 Å². The molecule has 0 spiro atoms. The first-order chi connectivity index (χ1) is 17.8. The summed E-state index contributed by atoms with van der Waals surface area (Å²) in [6.45, 7) is -0.555. The van der Waals surface area contributed by atoms with Gasteiger partial charge in [-0.25, -0.2) is 8.42 Å². The van der Waals surface area contributed by atoms with E-state index in [0.29, 0.717) is 5.75 Å². The number of sulfonamides is 1. The first kappa shape index (κ1) is 28.4. The molecule has 1 saturated heterocycles. The summed E-state index contributed by atoms with van der Waals surface area (Å²) in [5.74, 6) is 0.465. The van der Waals surface area contributed by atoms with E-state index in [1.807, 2.05) is 6.07 Å². The van der Waals surface area contributed by atoms with Gasteiger partial charge in [-0.3, -0.25) is 0 Å². The molecule has 1 heterocycles. The summed E-state index contributed by atoms with van der Waals surface area (Å²) >= 11 is 0. The van der Waals surface area contributed by atoms with Gasteiger partial charge in [0.15, 0.2) is 0 Å². The molecule has 1 amide bonds. The predicted octanol–water partition coefficient (Wildman–Crippen LogP) is 0.590. The van der Waals surface area contributed by atoms with E-state index in [1.165, 1.54) is 31.4 Å². The summed E-state index contributed by atoms with van der Waals surface area (Å²) in [5.41, 5.74) is 0.733. The second-order valence-electron chi connectivity index (χ2n) is 8.46. The fourth-order valence-corrected chi connectivity index (χ4v) is 5.64. The van der Waals surface area contributed by atoms with Gasteiger partial charge in [0.2, 0.25) is 10.0 Å². The second-order valence-corrected chi connectivity index (χ2v) is 10.4. The van der Waals surface area contributed by atoms with Crippen LogP contribution in [0, 0.1) is 11.3 Å². The van der Waals surface area contributed by atoms with Crippen LogP contribution >= 0.6 is 0 Å². The zero-order valence-electron chi connectivity index (χ0n) is 20.4. The fraction of sp³-hybridized carbons (Fsp3) is 0.440. The lowest BCUT2D eigenvalue weighted by atomic mass is 9.98. The minimum atomic E-state index is -4.13. The smallest absolute Gasteiger partial charge is 0.243 e. The molecular weight excluding hydrogens is 502 g/mol. The van der Waals surface area contributed by atoms with Crippen LogP contribution in [-0.4, -0.2) is 87.2 Å². The number of benzene rings is 2. The van der Waals surface area contributed by atoms with Crippen molar-refractivity contribution in [3.8, 4) is 11.8 Å². The van der Waals surface area contributed by atoms with Crippen LogP contribution < -0.4 is 9.84 Å². The van der Waals surface area contributed by atoms with Crippen molar-refractivity contribution >= 4 is 16.1 Å². The summed E-state index contributed by atoms with van der Waals surface area (Å²) in [6, 6.07) is 14.7. The monoisotopic (exact) mass is 532 g/mol. The fourth-order valence-electron chi connectivity index (χ4n) is 4.18. The Labute approximate surface area is 216 Å². The lowest BCUT2D eigenvalue weighted by Crippen LogP contribution is -2.62. The molecule has 12 heteroatoms. The van der Waals surface area contributed by atoms with Gasteiger partial charge in [-0.2, -0.15) is 9.57 Å². The summed E-state index contributed by atoms with van der Waals surface area (Å²) < 4.78 is 43.5. The number of nitriles is 1. The lowest BCUT2D eigenvalue weighted by molar-refractivity contribution is -0.278. The number of amides is 1. The van der Waals surface area contributed by atoms with Crippen LogP contribution in [0.3, 0.4) is 0 Å². The molecule has 3 rings (SSSR count). The van der Waals surface area contributed by atoms with E-state index in [2.05, 4.69) is 0 Å². The topological polar surface area (TPSA) is 152 Å². The van der Waals surface area contributed by atoms with Gasteiger partial charge in [0.05, 0.1) is 49.5 Å². The van der Waals surface area contributed by atoms with Crippen LogP contribution in [0.1, 0.15) is 12.0 Å². The maximum absolute atomic E-state index is 13.4. The molecule has 0 saturated carbocycles. The molecule has 0 bridgehead atoms. The van der Waals surface area contributed by atoms with Crippen molar-refractivity contribution in [3.05, 3.63) is 60.2 Å². The maximum atomic E-state index is 13.4. The van der Waals surface area contributed by atoms with Gasteiger partial charge >= 0.3 is 0 Å². The Bertz CT molecular complexity index is 1150. The third kappa shape index (κ3) is 7.41. The number of nitrogens with zero attached hydrogens (tertiary/aromatic N) is 3. The average molecular weight is 533 g/mol. The number of carbonyl (C=O) groups excluding carboxylic acids is 1. The third-order valence-electron chi connectivity index (χ3n) is 6.04. The largest absolute Gasteiger partial charge is 0.530 e. The van der Waals surface area contributed by atoms with Crippen LogP contribution in [0.5, 0.6) is 5.75 Å². The summed E-state index contributed by atoms with van der Waals surface area (Å²) in [5, 5.41) is 32.8. The van der Waals surface area contributed by atoms with E-state index < -0.39 is 40.8 Å². The molecule has 1 aliphatic rings. The maximum Gasteiger partial charge on any atom is 0.243 e. The van der Waals surface area contributed by atoms with Crippen molar-refractivity contribution in [2.24, 2.45) is 0 Å². The zero-order chi connectivity index (χ0) is 26.8. The minimum Gasteiger partial charge on any atom is -0.530 e. The Balaban J connectivity index is 1.94. The van der Waals surface area contributed by atoms with E-state index >= 15 is 0 Å². The number of aliphatic hydroxyl groups is 1. The number of hydrogen-bond acceptors (Lipinski definition) is 9. The van der Waals surface area contributed by atoms with Gasteiger partial charge in [-0.15, -0.1) is 0 Å². The van der Waals surface area contributed by atoms with Crippen molar-refractivity contribution in [1.82, 2.24) is 9.21 Å². The van der Waals surface area contributed by atoms with Gasteiger partial charge in [0, 0.05) is 19.5 Å². The summed E-state index contributed by atoms with van der Waals surface area (Å²) in [4.78, 5) is 13.2. The van der Waals surface area contributed by atoms with Crippen LogP contribution in [0.4, 0.5) is 4.79 Å². The summed E-state index contributed by atoms with van der Waals surface area (Å²) in [7, 11) is -2.68. The van der Waals surface area contributed by atoms with Gasteiger partial charge < -0.3 is 34.1 Å². The number of hydrogen-bond donors (Lipinski definition) is 1. The number of carboxylic acid groups (broad SMARTS) is 1. The molecule has 0 aromatic heterocycles. The van der Waals surface area contributed by atoms with Gasteiger partial charge in [-0.05, 0) is 36.2 Å². The standard InChI is InChI=1S/C25H31N3O8S/c1-34-21-8-10-22(11-9-21)37(32,33)27(13-5-12-26)15-24(29)23(14-19-6-3-2-4-7-19)28(25(30)31)20-16-35-18-36-17-20/h2-4,6-11,20,23-24,29H,5,13-18H2,1H3,(H,30,31)/p-1/t23-,24+/m0/s1. The van der Waals surface area contributed by atoms with E-state index in [4.69, 9.17) is 19.5 Å². The highest BCUT2D eigenvalue weighted by Crippen LogP contribution is 2.23. The highest BCUT2D eigenvalue weighted by molar-refractivity contribution is 7.89. The molecule has 0 aliphatic carbocycles. The van der Waals surface area contributed by atoms with Crippen molar-refractivity contribution in [2.45, 2.75) is 35.9 Å². The van der Waals surface area contributed by atoms with Crippen LogP contribution in [0.2, 0.25) is 0 Å². The number of methoxy groups -OCH3 is 1. The van der Waals surface area contributed by atoms with E-state index in [9.17, 15) is 23.4 Å². The Morgan fingerprint density at radius 2 is 1.84 bits per heavy atom. The van der Waals surface area contributed by atoms with Crippen molar-refractivity contribution < 1.29 is 37.6 Å². The first-order valence-electron chi connectivity index (χ1n) is 11.7. The first-order valence-corrected chi connectivity index (χ1v) is 13.1. The minimum absolute atomic E-state index is 0.0192. The Kier molecular flexibility index (Phi) is 10.2. The number of carbonyl (C=O) groups is 1. The van der Waals surface area contributed by atoms with Crippen molar-refractivity contribution in [3.63, 3.8) is 0 Å². The van der Waals surface area contributed by atoms with E-state index in [1.54, 1.807) is 30.3 Å². The van der Waals surface area contributed by atoms with Gasteiger partial charge in [0.25, 0.3) is 0 Å². The molecule has 1 aliphatic heterocycles. The second kappa shape index (κ2) is 13.4. The Morgan fingerprint density at radius 1 is 1.19 bits per heavy atom. The molecule has 37 heavy (non-hydrogen) atoms. The summed E-state index contributed by atoms with van der Waals surface area (Å²) in [6.07, 6.45) is -3.05. The predicted molar refractivity (Wildman–Crippen MR) is 130 cm³/mol. The highest BCUT2D eigenvalue weighted by Gasteiger charge is 2.36. The Hall–Kier alpha value is -3.21. The van der Waals surface area contributed by atoms with Crippen LogP contribution in [-0.2, 0) is 25.9 Å². The number of ether oxygens (including phenoxy) is 3. The van der Waals surface area contributed by atoms with E-state index in [-0.39, 0.29) is 44.3 Å². The Morgan fingerprint density at radius 3 is 2.41 bits per heavy atom. The molecule has 2 atom stereocenters. The van der Waals surface area contributed by atoms with Gasteiger partial charge in [-0.1, -0.05) is 30.3 Å². The van der Waals surface area contributed by atoms with Crippen molar-refractivity contribution in [2.75, 3.05) is 40.2 Å². The molecule has 1 N–H and O–H groups in total. The molecule has 11 nitrogen and oxygen atoms in total. The SMILES string of the molecule is COc1ccc(S(=O)(=O)N(CCC#N)C[C@@H](O)[C@H](Cc2ccccc2)N(C(=O)[O-])C2COCOC2)cc1. The molecule has 0 radical (unpaired) electrons. The molecule has 1 fully saturated rings. The molecular formula is C25H30N3O8S-. The van der Waals surface area contributed by atoms with Crippen LogP contribution in [0.25, 0.3) is 0 Å². The average Bonchev–Trinajstić information content (AvgIpc) is 2.91. The molecule has 2 aromatic carbocycles. The molecule has 2 aromatic rings. The normalized spacial score (nSPS) is 16.1. The van der Waals surface area contributed by atoms with Crippen molar-refractivity contribution in [1.29, 1.82) is 5.26 Å². The van der Waals surface area contributed by atoms with E-state index in [0.717, 1.165) is 14.8 Å². The lowest BCUT2D eigenvalue weighted by Gasteiger charge is -2.43. The molecule has 0 unspecified atom stereocenters.